The van der Waals surface area contributed by atoms with E-state index < -0.39 is 4.92 Å². The number of nitrogens with zero attached hydrogens (tertiary/aromatic N) is 1. The average molecular weight is 397 g/mol. The van der Waals surface area contributed by atoms with Crippen LogP contribution in [0.5, 0.6) is 11.5 Å². The number of nitro benzene ring substituents is 1. The monoisotopic (exact) mass is 397 g/mol. The van der Waals surface area contributed by atoms with Gasteiger partial charge in [0.15, 0.2) is 5.11 Å². The zero-order valence-electron chi connectivity index (χ0n) is 15.6. The summed E-state index contributed by atoms with van der Waals surface area (Å²) in [7, 11) is 0. The van der Waals surface area contributed by atoms with E-state index in [9.17, 15) is 14.9 Å². The summed E-state index contributed by atoms with van der Waals surface area (Å²) in [5, 5.41) is 17.0. The second-order valence-electron chi connectivity index (χ2n) is 6.75. The van der Waals surface area contributed by atoms with E-state index in [1.54, 1.807) is 6.07 Å². The third-order valence-electron chi connectivity index (χ3n) is 4.22. The molecule has 0 atom stereocenters. The molecule has 1 aliphatic rings. The van der Waals surface area contributed by atoms with E-state index in [-0.39, 0.29) is 34.1 Å². The summed E-state index contributed by atoms with van der Waals surface area (Å²) in [6.45, 7) is 6.00. The first-order chi connectivity index (χ1) is 13.2. The fourth-order valence-electron chi connectivity index (χ4n) is 2.83. The molecule has 144 valence electrons. The van der Waals surface area contributed by atoms with Crippen molar-refractivity contribution in [1.29, 1.82) is 0 Å². The van der Waals surface area contributed by atoms with Crippen molar-refractivity contribution >= 4 is 35.0 Å². The maximum absolute atomic E-state index is 11.8. The molecule has 1 heterocycles. The van der Waals surface area contributed by atoms with Crippen LogP contribution in [0.4, 0.5) is 5.69 Å². The third kappa shape index (κ3) is 4.17. The predicted octanol–water partition coefficient (Wildman–Crippen LogP) is 4.16. The van der Waals surface area contributed by atoms with E-state index in [0.29, 0.717) is 11.3 Å². The average Bonchev–Trinajstić information content (AvgIpc) is 2.93. The molecule has 0 aliphatic carbocycles. The molecule has 7 nitrogen and oxygen atoms in total. The van der Waals surface area contributed by atoms with Gasteiger partial charge in [0, 0.05) is 6.07 Å². The molecule has 3 rings (SSSR count). The number of aryl methyl sites for hydroxylation is 1. The summed E-state index contributed by atoms with van der Waals surface area (Å²) in [6.07, 6.45) is 1.50. The van der Waals surface area contributed by atoms with Crippen molar-refractivity contribution < 1.29 is 14.5 Å². The molecule has 0 saturated carbocycles. The van der Waals surface area contributed by atoms with Crippen LogP contribution in [0.2, 0.25) is 0 Å². The third-order valence-corrected chi connectivity index (χ3v) is 4.43. The van der Waals surface area contributed by atoms with Gasteiger partial charge in [0.05, 0.1) is 4.92 Å². The van der Waals surface area contributed by atoms with Crippen molar-refractivity contribution in [1.82, 2.24) is 10.6 Å². The van der Waals surface area contributed by atoms with Gasteiger partial charge in [-0.05, 0) is 60.0 Å². The number of rotatable bonds is 5. The minimum Gasteiger partial charge on any atom is -0.450 e. The minimum atomic E-state index is -0.505. The molecule has 2 N–H and O–H groups in total. The Morgan fingerprint density at radius 1 is 1.14 bits per heavy atom. The lowest BCUT2D eigenvalue weighted by molar-refractivity contribution is -0.385. The molecule has 0 aromatic heterocycles. The summed E-state index contributed by atoms with van der Waals surface area (Å²) in [4.78, 5) is 22.8. The van der Waals surface area contributed by atoms with Crippen LogP contribution < -0.4 is 15.4 Å². The lowest BCUT2D eigenvalue weighted by Crippen LogP contribution is -2.21. The van der Waals surface area contributed by atoms with E-state index in [0.717, 1.165) is 11.1 Å². The zero-order valence-corrected chi connectivity index (χ0v) is 16.4. The highest BCUT2D eigenvalue weighted by molar-refractivity contribution is 7.80. The lowest BCUT2D eigenvalue weighted by Gasteiger charge is -2.15. The van der Waals surface area contributed by atoms with Crippen molar-refractivity contribution in [2.75, 3.05) is 0 Å². The van der Waals surface area contributed by atoms with Crippen molar-refractivity contribution in [3.63, 3.8) is 0 Å². The van der Waals surface area contributed by atoms with Gasteiger partial charge in [0.1, 0.15) is 11.4 Å². The number of ether oxygens (including phenoxy) is 1. The predicted molar refractivity (Wildman–Crippen MR) is 110 cm³/mol. The molecule has 1 fully saturated rings. The van der Waals surface area contributed by atoms with Crippen LogP contribution in [-0.4, -0.2) is 15.9 Å². The standard InChI is InChI=1S/C20H19N3O4S/c1-11(2)14-6-4-12(3)8-18(14)27-17-7-5-13(10-16(17)23(25)26)9-15-19(24)22-20(28)21-15/h4-11H,1-3H3,(H2,21,22,24,28)/b15-9-. The molecule has 1 amide bonds. The van der Waals surface area contributed by atoms with Crippen LogP contribution in [0.3, 0.4) is 0 Å². The molecule has 0 radical (unpaired) electrons. The number of hydrogen-bond acceptors (Lipinski definition) is 5. The Kier molecular flexibility index (Phi) is 5.41. The Balaban J connectivity index is 1.98. The first-order valence-electron chi connectivity index (χ1n) is 8.65. The van der Waals surface area contributed by atoms with E-state index in [1.807, 2.05) is 39.0 Å². The zero-order chi connectivity index (χ0) is 20.4. The molecule has 1 aliphatic heterocycles. The van der Waals surface area contributed by atoms with Crippen LogP contribution in [-0.2, 0) is 4.79 Å². The molecule has 2 aromatic rings. The van der Waals surface area contributed by atoms with Crippen LogP contribution in [0, 0.1) is 17.0 Å². The number of carbonyl (C=O) groups is 1. The Morgan fingerprint density at radius 2 is 1.89 bits per heavy atom. The van der Waals surface area contributed by atoms with Crippen molar-refractivity contribution in [3.8, 4) is 11.5 Å². The first-order valence-corrected chi connectivity index (χ1v) is 9.06. The largest absolute Gasteiger partial charge is 0.450 e. The van der Waals surface area contributed by atoms with Gasteiger partial charge in [0.2, 0.25) is 5.75 Å². The quantitative estimate of drug-likeness (QED) is 0.340. The summed E-state index contributed by atoms with van der Waals surface area (Å²) in [5.41, 5.74) is 2.49. The molecule has 0 unspecified atom stereocenters. The smallest absolute Gasteiger partial charge is 0.312 e. The summed E-state index contributed by atoms with van der Waals surface area (Å²) in [6, 6.07) is 10.4. The second kappa shape index (κ2) is 7.77. The number of benzene rings is 2. The number of carbonyl (C=O) groups excluding carboxylic acids is 1. The summed E-state index contributed by atoms with van der Waals surface area (Å²) in [5.74, 6) is 0.550. The van der Waals surface area contributed by atoms with Gasteiger partial charge in [-0.3, -0.25) is 20.2 Å². The summed E-state index contributed by atoms with van der Waals surface area (Å²) < 4.78 is 5.93. The van der Waals surface area contributed by atoms with Gasteiger partial charge in [-0.2, -0.15) is 0 Å². The highest BCUT2D eigenvalue weighted by Gasteiger charge is 2.22. The lowest BCUT2D eigenvalue weighted by atomic mass is 10.0. The van der Waals surface area contributed by atoms with Crippen LogP contribution in [0.25, 0.3) is 6.08 Å². The Bertz CT molecular complexity index is 1010. The number of nitrogens with one attached hydrogen (secondary N) is 2. The molecule has 28 heavy (non-hydrogen) atoms. The molecule has 0 spiro atoms. The topological polar surface area (TPSA) is 93.5 Å². The fourth-order valence-corrected chi connectivity index (χ4v) is 3.03. The van der Waals surface area contributed by atoms with Crippen LogP contribution >= 0.6 is 12.2 Å². The maximum Gasteiger partial charge on any atom is 0.312 e. The normalized spacial score (nSPS) is 14.9. The summed E-state index contributed by atoms with van der Waals surface area (Å²) >= 11 is 4.88. The Hall–Kier alpha value is -3.26. The van der Waals surface area contributed by atoms with Crippen LogP contribution in [0.1, 0.15) is 36.5 Å². The SMILES string of the molecule is Cc1ccc(C(C)C)c(Oc2ccc(/C=C3\NC(=S)NC3=O)cc2[N+](=O)[O-])c1. The molecule has 8 heteroatoms. The number of thiocarbonyl (C=S) groups is 1. The number of hydrogen-bond donors (Lipinski definition) is 2. The van der Waals surface area contributed by atoms with Crippen molar-refractivity contribution in [3.05, 3.63) is 68.9 Å². The fraction of sp³-hybridized carbons (Fsp3) is 0.200. The molecule has 2 aromatic carbocycles. The number of nitro groups is 1. The van der Waals surface area contributed by atoms with Gasteiger partial charge in [-0.15, -0.1) is 0 Å². The second-order valence-corrected chi connectivity index (χ2v) is 7.16. The van der Waals surface area contributed by atoms with E-state index in [1.165, 1.54) is 18.2 Å². The van der Waals surface area contributed by atoms with E-state index in [2.05, 4.69) is 10.6 Å². The Morgan fingerprint density at radius 3 is 2.50 bits per heavy atom. The van der Waals surface area contributed by atoms with E-state index >= 15 is 0 Å². The minimum absolute atomic E-state index is 0.138. The van der Waals surface area contributed by atoms with E-state index in [4.69, 9.17) is 17.0 Å². The van der Waals surface area contributed by atoms with Crippen molar-refractivity contribution in [2.45, 2.75) is 26.7 Å². The van der Waals surface area contributed by atoms with Gasteiger partial charge in [-0.25, -0.2) is 0 Å². The molecular formula is C20H19N3O4S. The maximum atomic E-state index is 11.8. The Labute approximate surface area is 167 Å². The molecular weight excluding hydrogens is 378 g/mol. The van der Waals surface area contributed by atoms with Gasteiger partial charge < -0.3 is 10.1 Å². The van der Waals surface area contributed by atoms with Crippen LogP contribution in [0.15, 0.2) is 42.1 Å². The highest BCUT2D eigenvalue weighted by atomic mass is 32.1. The van der Waals surface area contributed by atoms with Gasteiger partial charge in [0.25, 0.3) is 5.91 Å². The van der Waals surface area contributed by atoms with Crippen molar-refractivity contribution in [2.24, 2.45) is 0 Å². The van der Waals surface area contributed by atoms with Gasteiger partial charge >= 0.3 is 5.69 Å². The first kappa shape index (κ1) is 19.5. The number of amides is 1. The molecule has 1 saturated heterocycles. The highest BCUT2D eigenvalue weighted by Crippen LogP contribution is 2.36. The van der Waals surface area contributed by atoms with Gasteiger partial charge in [-0.1, -0.05) is 32.0 Å². The molecule has 0 bridgehead atoms.